The third-order valence-corrected chi connectivity index (χ3v) is 8.21. The number of carbonyl (C=O) groups excluding carboxylic acids is 1. The van der Waals surface area contributed by atoms with Crippen LogP contribution in [0.25, 0.3) is 10.2 Å². The van der Waals surface area contributed by atoms with Gasteiger partial charge < -0.3 is 10.1 Å². The van der Waals surface area contributed by atoms with Gasteiger partial charge >= 0.3 is 6.18 Å². The average Bonchev–Trinajstić information content (AvgIpc) is 3.21. The summed E-state index contributed by atoms with van der Waals surface area (Å²) < 4.78 is 45.8. The number of halogens is 4. The highest BCUT2D eigenvalue weighted by Gasteiger charge is 2.33. The topological polar surface area (TPSA) is 64.1 Å². The summed E-state index contributed by atoms with van der Waals surface area (Å²) in [4.78, 5) is 20.9. The monoisotopic (exact) mass is 589 g/mol. The molecule has 1 unspecified atom stereocenters. The molecule has 0 spiro atoms. The van der Waals surface area contributed by atoms with Crippen LogP contribution in [0.4, 0.5) is 18.9 Å². The molecule has 1 fully saturated rings. The van der Waals surface area contributed by atoms with Crippen LogP contribution in [0.3, 0.4) is 0 Å². The quantitative estimate of drug-likeness (QED) is 0.256. The summed E-state index contributed by atoms with van der Waals surface area (Å²) in [5.41, 5.74) is -0.284. The highest BCUT2D eigenvalue weighted by atomic mass is 127. The molecule has 5 nitrogen and oxygen atoms in total. The second kappa shape index (κ2) is 9.73. The first-order chi connectivity index (χ1) is 15.7. The summed E-state index contributed by atoms with van der Waals surface area (Å²) in [6.45, 7) is 2.26. The molecule has 1 amide bonds. The molecule has 4 rings (SSSR count). The Kier molecular flexibility index (Phi) is 7.13. The zero-order chi connectivity index (χ0) is 23.8. The number of anilines is 1. The third kappa shape index (κ3) is 5.42. The SMILES string of the molecule is COc1cc2nc(C3CCC(C(C)I)CC3)sc2cc1NC(=O)c1cccc(C(F)(F)F)n1. The van der Waals surface area contributed by atoms with Gasteiger partial charge in [0.05, 0.1) is 28.0 Å². The van der Waals surface area contributed by atoms with Crippen LogP contribution in [0, 0.1) is 5.92 Å². The highest BCUT2D eigenvalue weighted by Crippen LogP contribution is 2.42. The van der Waals surface area contributed by atoms with E-state index < -0.39 is 17.8 Å². The maximum atomic E-state index is 12.9. The third-order valence-electron chi connectivity index (χ3n) is 6.02. The zero-order valence-corrected chi connectivity index (χ0v) is 21.1. The van der Waals surface area contributed by atoms with Gasteiger partial charge in [0.15, 0.2) is 0 Å². The van der Waals surface area contributed by atoms with E-state index in [0.717, 1.165) is 46.1 Å². The summed E-state index contributed by atoms with van der Waals surface area (Å²) >= 11 is 4.10. The number of nitrogens with zero attached hydrogens (tertiary/aromatic N) is 2. The molecule has 33 heavy (non-hydrogen) atoms. The molecule has 1 aromatic carbocycles. The number of ether oxygens (including phenoxy) is 1. The number of benzene rings is 1. The van der Waals surface area contributed by atoms with Gasteiger partial charge in [0, 0.05) is 15.9 Å². The van der Waals surface area contributed by atoms with E-state index in [1.165, 1.54) is 26.0 Å². The first kappa shape index (κ1) is 24.2. The van der Waals surface area contributed by atoms with E-state index in [-0.39, 0.29) is 5.69 Å². The fraction of sp³-hybridized carbons (Fsp3) is 0.435. The first-order valence-electron chi connectivity index (χ1n) is 10.6. The Hall–Kier alpha value is -1.95. The van der Waals surface area contributed by atoms with Gasteiger partial charge in [-0.2, -0.15) is 13.2 Å². The minimum absolute atomic E-state index is 0.321. The molecule has 3 aromatic rings. The van der Waals surface area contributed by atoms with Crippen molar-refractivity contribution in [2.24, 2.45) is 5.92 Å². The summed E-state index contributed by atoms with van der Waals surface area (Å²) in [5, 5.41) is 3.72. The lowest BCUT2D eigenvalue weighted by atomic mass is 9.81. The van der Waals surface area contributed by atoms with Crippen molar-refractivity contribution in [2.75, 3.05) is 12.4 Å². The lowest BCUT2D eigenvalue weighted by molar-refractivity contribution is -0.141. The average molecular weight is 589 g/mol. The molecule has 0 saturated heterocycles. The summed E-state index contributed by atoms with van der Waals surface area (Å²) in [6, 6.07) is 6.75. The van der Waals surface area contributed by atoms with Gasteiger partial charge in [-0.1, -0.05) is 35.6 Å². The van der Waals surface area contributed by atoms with Gasteiger partial charge in [-0.05, 0) is 49.8 Å². The van der Waals surface area contributed by atoms with E-state index in [1.54, 1.807) is 23.5 Å². The Morgan fingerprint density at radius 1 is 1.21 bits per heavy atom. The van der Waals surface area contributed by atoms with Crippen molar-refractivity contribution in [3.8, 4) is 5.75 Å². The highest BCUT2D eigenvalue weighted by molar-refractivity contribution is 14.1. The Labute approximate surface area is 207 Å². The van der Waals surface area contributed by atoms with Gasteiger partial charge in [0.2, 0.25) is 0 Å². The predicted octanol–water partition coefficient (Wildman–Crippen LogP) is 7.07. The van der Waals surface area contributed by atoms with E-state index >= 15 is 0 Å². The maximum absolute atomic E-state index is 12.9. The molecular formula is C23H23F3IN3O2S. The molecule has 0 radical (unpaired) electrons. The van der Waals surface area contributed by atoms with Crippen LogP contribution < -0.4 is 10.1 Å². The minimum atomic E-state index is -4.63. The van der Waals surface area contributed by atoms with E-state index in [9.17, 15) is 18.0 Å². The molecule has 1 saturated carbocycles. The Morgan fingerprint density at radius 2 is 1.94 bits per heavy atom. The molecule has 1 N–H and O–H groups in total. The molecule has 2 aromatic heterocycles. The number of methoxy groups -OCH3 is 1. The Balaban J connectivity index is 1.56. The fourth-order valence-corrected chi connectivity index (χ4v) is 6.02. The lowest BCUT2D eigenvalue weighted by Crippen LogP contribution is -2.18. The number of hydrogen-bond donors (Lipinski definition) is 1. The summed E-state index contributed by atoms with van der Waals surface area (Å²) in [6.07, 6.45) is -0.0159. The van der Waals surface area contributed by atoms with Crippen molar-refractivity contribution < 1.29 is 22.7 Å². The Morgan fingerprint density at radius 3 is 2.58 bits per heavy atom. The van der Waals surface area contributed by atoms with Crippen molar-refractivity contribution in [1.29, 1.82) is 0 Å². The van der Waals surface area contributed by atoms with E-state index in [4.69, 9.17) is 9.72 Å². The van der Waals surface area contributed by atoms with E-state index in [0.29, 0.717) is 21.3 Å². The molecule has 2 heterocycles. The molecule has 10 heteroatoms. The van der Waals surface area contributed by atoms with Crippen molar-refractivity contribution in [1.82, 2.24) is 9.97 Å². The van der Waals surface area contributed by atoms with Crippen LogP contribution in [0.5, 0.6) is 5.75 Å². The molecule has 1 aliphatic carbocycles. The van der Waals surface area contributed by atoms with Crippen LogP contribution in [0.15, 0.2) is 30.3 Å². The van der Waals surface area contributed by atoms with E-state index in [1.807, 2.05) is 0 Å². The lowest BCUT2D eigenvalue weighted by Gasteiger charge is -2.29. The molecule has 0 aliphatic heterocycles. The molecule has 1 aliphatic rings. The van der Waals surface area contributed by atoms with Crippen molar-refractivity contribution in [3.63, 3.8) is 0 Å². The number of fused-ring (bicyclic) bond motifs is 1. The van der Waals surface area contributed by atoms with Gasteiger partial charge in [0.1, 0.15) is 17.1 Å². The van der Waals surface area contributed by atoms with Crippen molar-refractivity contribution in [2.45, 2.75) is 48.6 Å². The number of hydrogen-bond acceptors (Lipinski definition) is 5. The van der Waals surface area contributed by atoms with Crippen LogP contribution in [-0.2, 0) is 6.18 Å². The normalized spacial score (nSPS) is 19.9. The predicted molar refractivity (Wildman–Crippen MR) is 132 cm³/mol. The molecule has 1 atom stereocenters. The summed E-state index contributed by atoms with van der Waals surface area (Å²) in [7, 11) is 1.47. The van der Waals surface area contributed by atoms with Crippen LogP contribution in [0.2, 0.25) is 0 Å². The van der Waals surface area contributed by atoms with E-state index in [2.05, 4.69) is 39.8 Å². The number of aromatic nitrogens is 2. The van der Waals surface area contributed by atoms with Crippen LogP contribution >= 0.6 is 33.9 Å². The number of pyridine rings is 1. The molecular weight excluding hydrogens is 566 g/mol. The van der Waals surface area contributed by atoms with Crippen LogP contribution in [0.1, 0.15) is 59.7 Å². The standard InChI is InChI=1S/C23H23F3IN3O2S/c1-12(27)13-6-8-14(9-7-13)22-30-17-10-18(32-2)16(11-19(17)33-22)29-21(31)15-4-3-5-20(28-15)23(24,25)26/h3-5,10-14H,6-9H2,1-2H3,(H,29,31). The van der Waals surface area contributed by atoms with Gasteiger partial charge in [-0.25, -0.2) is 9.97 Å². The number of amides is 1. The van der Waals surface area contributed by atoms with Crippen molar-refractivity contribution >= 4 is 55.7 Å². The number of nitrogens with one attached hydrogen (secondary N) is 1. The smallest absolute Gasteiger partial charge is 0.433 e. The first-order valence-corrected chi connectivity index (χ1v) is 12.7. The second-order valence-corrected chi connectivity index (χ2v) is 11.2. The second-order valence-electron chi connectivity index (χ2n) is 8.22. The Bertz CT molecular complexity index is 1160. The number of carbonyl (C=O) groups is 1. The van der Waals surface area contributed by atoms with Gasteiger partial charge in [0.25, 0.3) is 5.91 Å². The van der Waals surface area contributed by atoms with Gasteiger partial charge in [-0.3, -0.25) is 4.79 Å². The number of alkyl halides is 4. The number of rotatable bonds is 5. The fourth-order valence-electron chi connectivity index (χ4n) is 4.14. The minimum Gasteiger partial charge on any atom is -0.494 e. The number of thiazole rings is 1. The molecule has 0 bridgehead atoms. The summed E-state index contributed by atoms with van der Waals surface area (Å²) in [5.74, 6) is 0.826. The molecule has 176 valence electrons. The van der Waals surface area contributed by atoms with Gasteiger partial charge in [-0.15, -0.1) is 11.3 Å². The zero-order valence-electron chi connectivity index (χ0n) is 18.1. The largest absolute Gasteiger partial charge is 0.494 e. The van der Waals surface area contributed by atoms with Crippen molar-refractivity contribution in [3.05, 3.63) is 46.7 Å². The van der Waals surface area contributed by atoms with Crippen LogP contribution in [-0.4, -0.2) is 26.9 Å². The maximum Gasteiger partial charge on any atom is 0.433 e.